The highest BCUT2D eigenvalue weighted by atomic mass is 32.1. The van der Waals surface area contributed by atoms with E-state index in [9.17, 15) is 13.2 Å². The number of rotatable bonds is 5. The highest BCUT2D eigenvalue weighted by molar-refractivity contribution is 7.80. The summed E-state index contributed by atoms with van der Waals surface area (Å²) in [5.74, 6) is 1.50. The summed E-state index contributed by atoms with van der Waals surface area (Å²) in [7, 11) is 3.94. The normalized spacial score (nSPS) is 18.4. The third kappa shape index (κ3) is 5.85. The number of halogens is 3. The smallest absolute Gasteiger partial charge is 0.362 e. The van der Waals surface area contributed by atoms with Gasteiger partial charge in [0.25, 0.3) is 0 Å². The quantitative estimate of drug-likeness (QED) is 0.414. The lowest BCUT2D eigenvalue weighted by Gasteiger charge is -2.30. The van der Waals surface area contributed by atoms with Crippen LogP contribution in [0.3, 0.4) is 0 Å². The molecule has 1 aliphatic rings. The van der Waals surface area contributed by atoms with E-state index in [2.05, 4.69) is 20.9 Å². The highest BCUT2D eigenvalue weighted by Crippen LogP contribution is 2.30. The van der Waals surface area contributed by atoms with Gasteiger partial charge < -0.3 is 20.9 Å². The molecule has 1 fully saturated rings. The van der Waals surface area contributed by atoms with E-state index in [1.165, 1.54) is 12.1 Å². The number of hydrogen-bond acceptors (Lipinski definition) is 5. The van der Waals surface area contributed by atoms with Gasteiger partial charge in [0.2, 0.25) is 5.95 Å². The molecule has 0 amide bonds. The molecule has 0 radical (unpaired) electrons. The van der Waals surface area contributed by atoms with Crippen molar-refractivity contribution in [2.75, 3.05) is 29.6 Å². The van der Waals surface area contributed by atoms with Gasteiger partial charge >= 0.3 is 6.18 Å². The van der Waals surface area contributed by atoms with Crippen LogP contribution in [0, 0.1) is 0 Å². The molecule has 1 aromatic heterocycles. The maximum Gasteiger partial charge on any atom is 0.416 e. The fourth-order valence-electron chi connectivity index (χ4n) is 4.13. The zero-order chi connectivity index (χ0) is 24.3. The molecule has 0 unspecified atom stereocenters. The predicted molar refractivity (Wildman–Crippen MR) is 134 cm³/mol. The van der Waals surface area contributed by atoms with Crippen LogP contribution in [-0.2, 0) is 6.18 Å². The predicted octanol–water partition coefficient (Wildman–Crippen LogP) is 5.42. The first-order valence-electron chi connectivity index (χ1n) is 11.1. The SMILES string of the molecule is CN(C)c1nc(N[C@H]2CC[C@@H](NC(=S)Nc3ccc(C(F)(F)F)cc3)CC2)nc2ccccc12. The lowest BCUT2D eigenvalue weighted by atomic mass is 9.91. The number of alkyl halides is 3. The Kier molecular flexibility index (Phi) is 7.06. The summed E-state index contributed by atoms with van der Waals surface area (Å²) in [6, 6.07) is 13.2. The van der Waals surface area contributed by atoms with Crippen LogP contribution in [0.15, 0.2) is 48.5 Å². The molecule has 0 saturated heterocycles. The molecular weight excluding hydrogens is 461 g/mol. The van der Waals surface area contributed by atoms with E-state index in [0.717, 1.165) is 54.5 Å². The fraction of sp³-hybridized carbons (Fsp3) is 0.375. The maximum atomic E-state index is 12.7. The Morgan fingerprint density at radius 1 is 0.941 bits per heavy atom. The number of anilines is 3. The average molecular weight is 489 g/mol. The van der Waals surface area contributed by atoms with E-state index in [1.807, 2.05) is 43.3 Å². The third-order valence-electron chi connectivity index (χ3n) is 5.87. The maximum absolute atomic E-state index is 12.7. The second kappa shape index (κ2) is 10.0. The standard InChI is InChI=1S/C24H27F3N6S/c1-33(2)21-19-5-3-4-6-20(19)31-22(32-21)28-16-11-13-18(14-12-16)30-23(34)29-17-9-7-15(8-10-17)24(25,26)27/h3-10,16,18H,11-14H2,1-2H3,(H,28,31,32)(H2,29,30,34)/t16-,18+. The Morgan fingerprint density at radius 3 is 2.24 bits per heavy atom. The van der Waals surface area contributed by atoms with Crippen LogP contribution in [0.1, 0.15) is 31.2 Å². The molecule has 180 valence electrons. The average Bonchev–Trinajstić information content (AvgIpc) is 2.79. The van der Waals surface area contributed by atoms with Gasteiger partial charge in [0.05, 0.1) is 11.1 Å². The van der Waals surface area contributed by atoms with Crippen molar-refractivity contribution in [1.29, 1.82) is 0 Å². The number of thiocarbonyl (C=S) groups is 1. The van der Waals surface area contributed by atoms with Crippen LogP contribution in [-0.4, -0.2) is 41.3 Å². The summed E-state index contributed by atoms with van der Waals surface area (Å²) in [4.78, 5) is 11.4. The molecule has 2 aromatic carbocycles. The van der Waals surface area contributed by atoms with Crippen molar-refractivity contribution in [2.24, 2.45) is 0 Å². The molecule has 1 aliphatic carbocycles. The Morgan fingerprint density at radius 2 is 1.59 bits per heavy atom. The molecule has 34 heavy (non-hydrogen) atoms. The molecular formula is C24H27F3N6S. The largest absolute Gasteiger partial charge is 0.416 e. The van der Waals surface area contributed by atoms with E-state index in [4.69, 9.17) is 17.2 Å². The molecule has 6 nitrogen and oxygen atoms in total. The van der Waals surface area contributed by atoms with E-state index < -0.39 is 11.7 Å². The van der Waals surface area contributed by atoms with Gasteiger partial charge in [-0.15, -0.1) is 0 Å². The monoisotopic (exact) mass is 488 g/mol. The van der Waals surface area contributed by atoms with Crippen molar-refractivity contribution < 1.29 is 13.2 Å². The van der Waals surface area contributed by atoms with Crippen molar-refractivity contribution in [1.82, 2.24) is 15.3 Å². The lowest BCUT2D eigenvalue weighted by molar-refractivity contribution is -0.137. The molecule has 10 heteroatoms. The summed E-state index contributed by atoms with van der Waals surface area (Å²) >= 11 is 5.36. The Balaban J connectivity index is 1.29. The summed E-state index contributed by atoms with van der Waals surface area (Å²) in [5, 5.41) is 11.1. The summed E-state index contributed by atoms with van der Waals surface area (Å²) < 4.78 is 38.1. The highest BCUT2D eigenvalue weighted by Gasteiger charge is 2.30. The number of nitrogens with zero attached hydrogens (tertiary/aromatic N) is 3. The van der Waals surface area contributed by atoms with Crippen LogP contribution < -0.4 is 20.9 Å². The Hall–Kier alpha value is -3.14. The summed E-state index contributed by atoms with van der Waals surface area (Å²) in [6.07, 6.45) is -0.695. The molecule has 0 atom stereocenters. The zero-order valence-corrected chi connectivity index (χ0v) is 19.8. The van der Waals surface area contributed by atoms with E-state index >= 15 is 0 Å². The minimum absolute atomic E-state index is 0.197. The van der Waals surface area contributed by atoms with Gasteiger partial charge in [-0.25, -0.2) is 4.98 Å². The minimum Gasteiger partial charge on any atom is -0.362 e. The molecule has 0 bridgehead atoms. The third-order valence-corrected chi connectivity index (χ3v) is 6.09. The Labute approximate surface area is 202 Å². The number of para-hydroxylation sites is 1. The van der Waals surface area contributed by atoms with Gasteiger partial charge in [-0.1, -0.05) is 12.1 Å². The van der Waals surface area contributed by atoms with Gasteiger partial charge in [-0.05, 0) is 74.3 Å². The number of fused-ring (bicyclic) bond motifs is 1. The molecule has 4 rings (SSSR count). The van der Waals surface area contributed by atoms with Gasteiger partial charge in [0.15, 0.2) is 5.11 Å². The second-order valence-corrected chi connectivity index (χ2v) is 9.06. The van der Waals surface area contributed by atoms with Gasteiger partial charge in [0, 0.05) is 37.3 Å². The minimum atomic E-state index is -4.35. The first kappa shape index (κ1) is 24.0. The first-order valence-corrected chi connectivity index (χ1v) is 11.6. The van der Waals surface area contributed by atoms with Crippen LogP contribution in [0.25, 0.3) is 10.9 Å². The van der Waals surface area contributed by atoms with Crippen molar-refractivity contribution in [3.8, 4) is 0 Å². The summed E-state index contributed by atoms with van der Waals surface area (Å²) in [6.45, 7) is 0. The van der Waals surface area contributed by atoms with E-state index in [0.29, 0.717) is 16.7 Å². The number of benzene rings is 2. The van der Waals surface area contributed by atoms with Crippen LogP contribution in [0.2, 0.25) is 0 Å². The lowest BCUT2D eigenvalue weighted by Crippen LogP contribution is -2.42. The van der Waals surface area contributed by atoms with Gasteiger partial charge in [-0.3, -0.25) is 0 Å². The van der Waals surface area contributed by atoms with E-state index in [1.54, 1.807) is 0 Å². The van der Waals surface area contributed by atoms with Crippen LogP contribution >= 0.6 is 12.2 Å². The van der Waals surface area contributed by atoms with Gasteiger partial charge in [0.1, 0.15) is 5.82 Å². The molecule has 1 saturated carbocycles. The van der Waals surface area contributed by atoms with Crippen LogP contribution in [0.5, 0.6) is 0 Å². The van der Waals surface area contributed by atoms with Gasteiger partial charge in [-0.2, -0.15) is 18.2 Å². The van der Waals surface area contributed by atoms with Crippen molar-refractivity contribution in [2.45, 2.75) is 43.9 Å². The fourth-order valence-corrected chi connectivity index (χ4v) is 4.41. The second-order valence-electron chi connectivity index (χ2n) is 8.65. The number of hydrogen-bond donors (Lipinski definition) is 3. The first-order chi connectivity index (χ1) is 16.2. The zero-order valence-electron chi connectivity index (χ0n) is 19.0. The number of nitrogens with one attached hydrogen (secondary N) is 3. The van der Waals surface area contributed by atoms with Crippen molar-refractivity contribution >= 4 is 45.7 Å². The Bertz CT molecular complexity index is 1140. The molecule has 3 aromatic rings. The molecule has 0 aliphatic heterocycles. The van der Waals surface area contributed by atoms with E-state index in [-0.39, 0.29) is 12.1 Å². The molecule has 1 heterocycles. The van der Waals surface area contributed by atoms with Crippen molar-refractivity contribution in [3.05, 3.63) is 54.1 Å². The van der Waals surface area contributed by atoms with Crippen LogP contribution in [0.4, 0.5) is 30.6 Å². The summed E-state index contributed by atoms with van der Waals surface area (Å²) in [5.41, 5.74) is 0.737. The molecule has 3 N–H and O–H groups in total. The van der Waals surface area contributed by atoms with Crippen molar-refractivity contribution in [3.63, 3.8) is 0 Å². The topological polar surface area (TPSA) is 65.1 Å². The number of aromatic nitrogens is 2. The molecule has 0 spiro atoms.